The fourth-order valence-corrected chi connectivity index (χ4v) is 2.56. The molecule has 0 aliphatic heterocycles. The van der Waals surface area contributed by atoms with Crippen molar-refractivity contribution < 1.29 is 13.6 Å². The van der Waals surface area contributed by atoms with E-state index in [4.69, 9.17) is 0 Å². The van der Waals surface area contributed by atoms with Crippen molar-refractivity contribution >= 4 is 21.8 Å². The van der Waals surface area contributed by atoms with Crippen molar-refractivity contribution in [1.82, 2.24) is 15.2 Å². The molecular weight excluding hydrogens is 368 g/mol. The molecule has 1 aromatic heterocycles. The van der Waals surface area contributed by atoms with Crippen LogP contribution >= 0.6 is 15.9 Å². The Labute approximate surface area is 141 Å². The van der Waals surface area contributed by atoms with Crippen LogP contribution in [0.4, 0.5) is 8.78 Å². The van der Waals surface area contributed by atoms with Crippen molar-refractivity contribution in [2.45, 2.75) is 6.04 Å². The van der Waals surface area contributed by atoms with Gasteiger partial charge in [0.25, 0.3) is 5.91 Å². The number of carbonyl (C=O) groups excluding carboxylic acids is 1. The number of hydrogen-bond donors (Lipinski definition) is 1. The van der Waals surface area contributed by atoms with Crippen LogP contribution in [0.1, 0.15) is 22.0 Å². The van der Waals surface area contributed by atoms with Crippen LogP contribution in [0.2, 0.25) is 0 Å². The summed E-state index contributed by atoms with van der Waals surface area (Å²) < 4.78 is 28.6. The van der Waals surface area contributed by atoms with Gasteiger partial charge >= 0.3 is 0 Å². The summed E-state index contributed by atoms with van der Waals surface area (Å²) in [4.78, 5) is 17.7. The molecule has 2 rings (SSSR count). The summed E-state index contributed by atoms with van der Waals surface area (Å²) >= 11 is 3.24. The summed E-state index contributed by atoms with van der Waals surface area (Å²) in [5.41, 5.74) is 0.302. The third-order valence-corrected chi connectivity index (χ3v) is 3.81. The van der Waals surface area contributed by atoms with Crippen LogP contribution in [-0.2, 0) is 0 Å². The predicted molar refractivity (Wildman–Crippen MR) is 87.1 cm³/mol. The Morgan fingerprint density at radius 3 is 2.52 bits per heavy atom. The van der Waals surface area contributed by atoms with Gasteiger partial charge in [0.1, 0.15) is 11.6 Å². The smallest absolute Gasteiger partial charge is 0.252 e. The van der Waals surface area contributed by atoms with Crippen LogP contribution < -0.4 is 5.32 Å². The Balaban J connectivity index is 2.16. The molecule has 0 aliphatic carbocycles. The molecule has 0 aliphatic rings. The molecule has 0 spiro atoms. The minimum Gasteiger partial charge on any atom is -0.350 e. The highest BCUT2D eigenvalue weighted by atomic mass is 79.9. The Kier molecular flexibility index (Phi) is 5.79. The maximum absolute atomic E-state index is 14.0. The maximum Gasteiger partial charge on any atom is 0.252 e. The van der Waals surface area contributed by atoms with Gasteiger partial charge in [0, 0.05) is 29.0 Å². The van der Waals surface area contributed by atoms with Crippen molar-refractivity contribution in [3.8, 4) is 0 Å². The lowest BCUT2D eigenvalue weighted by Gasteiger charge is -2.25. The summed E-state index contributed by atoms with van der Waals surface area (Å²) in [5.74, 6) is -1.63. The highest BCUT2D eigenvalue weighted by molar-refractivity contribution is 9.10. The van der Waals surface area contributed by atoms with Crippen LogP contribution in [0.15, 0.2) is 41.1 Å². The number of halogens is 3. The molecule has 0 radical (unpaired) electrons. The van der Waals surface area contributed by atoms with Crippen molar-refractivity contribution in [3.05, 3.63) is 63.9 Å². The van der Waals surface area contributed by atoms with E-state index in [9.17, 15) is 13.6 Å². The first-order valence-electron chi connectivity index (χ1n) is 6.89. The van der Waals surface area contributed by atoms with Crippen LogP contribution in [-0.4, -0.2) is 36.4 Å². The zero-order valence-corrected chi connectivity index (χ0v) is 14.3. The molecule has 23 heavy (non-hydrogen) atoms. The van der Waals surface area contributed by atoms with Gasteiger partial charge in [0.15, 0.2) is 0 Å². The highest BCUT2D eigenvalue weighted by Crippen LogP contribution is 2.24. The van der Waals surface area contributed by atoms with Gasteiger partial charge < -0.3 is 10.2 Å². The summed E-state index contributed by atoms with van der Waals surface area (Å²) in [6, 6.07) is 4.72. The standard InChI is InChI=1S/C16H16BrF2N3O/c1-22(2)14(15-12(18)4-3-5-13(15)19)9-21-16(23)10-6-11(17)8-20-7-10/h3-8,14H,9H2,1-2H3,(H,21,23). The lowest BCUT2D eigenvalue weighted by atomic mass is 10.0. The van der Waals surface area contributed by atoms with Gasteiger partial charge in [0.05, 0.1) is 11.6 Å². The van der Waals surface area contributed by atoms with Crippen LogP contribution in [0.3, 0.4) is 0 Å². The Hall–Kier alpha value is -1.86. The number of amides is 1. The van der Waals surface area contributed by atoms with E-state index in [1.807, 2.05) is 0 Å². The largest absolute Gasteiger partial charge is 0.350 e. The van der Waals surface area contributed by atoms with Gasteiger partial charge in [-0.1, -0.05) is 6.07 Å². The van der Waals surface area contributed by atoms with Crippen LogP contribution in [0, 0.1) is 11.6 Å². The monoisotopic (exact) mass is 383 g/mol. The summed E-state index contributed by atoms with van der Waals surface area (Å²) in [6.45, 7) is 0.0657. The first kappa shape index (κ1) is 17.5. The van der Waals surface area contributed by atoms with E-state index in [-0.39, 0.29) is 18.0 Å². The second-order valence-corrected chi connectivity index (χ2v) is 6.13. The van der Waals surface area contributed by atoms with E-state index in [1.165, 1.54) is 24.4 Å². The first-order chi connectivity index (χ1) is 10.9. The van der Waals surface area contributed by atoms with Crippen molar-refractivity contribution in [2.24, 2.45) is 0 Å². The molecule has 1 aromatic carbocycles. The number of likely N-dealkylation sites (N-methyl/N-ethyl adjacent to an activating group) is 1. The number of benzene rings is 1. The average Bonchev–Trinajstić information content (AvgIpc) is 2.49. The van der Waals surface area contributed by atoms with Gasteiger partial charge in [-0.05, 0) is 48.2 Å². The molecule has 4 nitrogen and oxygen atoms in total. The zero-order valence-electron chi connectivity index (χ0n) is 12.7. The fraction of sp³-hybridized carbons (Fsp3) is 0.250. The number of carbonyl (C=O) groups is 1. The Morgan fingerprint density at radius 1 is 1.30 bits per heavy atom. The summed E-state index contributed by atoms with van der Waals surface area (Å²) in [6.07, 6.45) is 2.99. The SMILES string of the molecule is CN(C)C(CNC(=O)c1cncc(Br)c1)c1c(F)cccc1F. The molecule has 1 amide bonds. The molecule has 1 unspecified atom stereocenters. The van der Waals surface area contributed by atoms with Crippen molar-refractivity contribution in [2.75, 3.05) is 20.6 Å². The van der Waals surface area contributed by atoms with Crippen LogP contribution in [0.25, 0.3) is 0 Å². The molecule has 0 fully saturated rings. The fourth-order valence-electron chi connectivity index (χ4n) is 2.20. The second kappa shape index (κ2) is 7.61. The number of pyridine rings is 1. The molecule has 0 bridgehead atoms. The molecule has 122 valence electrons. The summed E-state index contributed by atoms with van der Waals surface area (Å²) in [7, 11) is 3.40. The lowest BCUT2D eigenvalue weighted by Crippen LogP contribution is -2.35. The van der Waals surface area contributed by atoms with Gasteiger partial charge in [-0.25, -0.2) is 8.78 Å². The quantitative estimate of drug-likeness (QED) is 0.862. The average molecular weight is 384 g/mol. The van der Waals surface area contributed by atoms with E-state index in [1.54, 1.807) is 31.3 Å². The van der Waals surface area contributed by atoms with Crippen molar-refractivity contribution in [3.63, 3.8) is 0 Å². The number of rotatable bonds is 5. The maximum atomic E-state index is 14.0. The lowest BCUT2D eigenvalue weighted by molar-refractivity contribution is 0.0940. The molecule has 1 heterocycles. The highest BCUT2D eigenvalue weighted by Gasteiger charge is 2.23. The van der Waals surface area contributed by atoms with E-state index in [0.29, 0.717) is 10.0 Å². The van der Waals surface area contributed by atoms with E-state index < -0.39 is 17.7 Å². The van der Waals surface area contributed by atoms with Gasteiger partial charge in [0.2, 0.25) is 0 Å². The Morgan fingerprint density at radius 2 is 1.96 bits per heavy atom. The zero-order chi connectivity index (χ0) is 17.0. The van der Waals surface area contributed by atoms with Gasteiger partial charge in [-0.2, -0.15) is 0 Å². The molecular formula is C16H16BrF2N3O. The molecule has 0 saturated heterocycles. The molecule has 2 aromatic rings. The first-order valence-corrected chi connectivity index (χ1v) is 7.68. The van der Waals surface area contributed by atoms with Crippen molar-refractivity contribution in [1.29, 1.82) is 0 Å². The summed E-state index contributed by atoms with van der Waals surface area (Å²) in [5, 5.41) is 2.69. The third-order valence-electron chi connectivity index (χ3n) is 3.38. The third kappa shape index (κ3) is 4.33. The minimum atomic E-state index is -0.637. The molecule has 0 saturated carbocycles. The van der Waals surface area contributed by atoms with E-state index in [0.717, 1.165) is 0 Å². The molecule has 1 N–H and O–H groups in total. The number of hydrogen-bond acceptors (Lipinski definition) is 3. The molecule has 7 heteroatoms. The minimum absolute atomic E-state index is 0.0647. The Bertz CT molecular complexity index is 689. The van der Waals surface area contributed by atoms with E-state index in [2.05, 4.69) is 26.2 Å². The topological polar surface area (TPSA) is 45.2 Å². The van der Waals surface area contributed by atoms with E-state index >= 15 is 0 Å². The number of aromatic nitrogens is 1. The van der Waals surface area contributed by atoms with Crippen LogP contribution in [0.5, 0.6) is 0 Å². The normalized spacial score (nSPS) is 12.3. The molecule has 1 atom stereocenters. The number of nitrogens with zero attached hydrogens (tertiary/aromatic N) is 2. The second-order valence-electron chi connectivity index (χ2n) is 5.22. The van der Waals surface area contributed by atoms with Gasteiger partial charge in [-0.3, -0.25) is 9.78 Å². The predicted octanol–water partition coefficient (Wildman–Crippen LogP) is 3.16. The number of nitrogens with one attached hydrogen (secondary N) is 1. The van der Waals surface area contributed by atoms with Gasteiger partial charge in [-0.15, -0.1) is 0 Å².